The Morgan fingerprint density at radius 2 is 1.50 bits per heavy atom. The first-order chi connectivity index (χ1) is 10.7. The number of H-pyrrole nitrogens is 1. The van der Waals surface area contributed by atoms with E-state index in [9.17, 15) is 0 Å². The van der Waals surface area contributed by atoms with Crippen molar-refractivity contribution < 1.29 is 0 Å². The summed E-state index contributed by atoms with van der Waals surface area (Å²) in [6.07, 6.45) is 0. The fourth-order valence-corrected chi connectivity index (χ4v) is 2.96. The largest absolute Gasteiger partial charge is 0.382 e. The Balaban J connectivity index is 0.000000847. The highest BCUT2D eigenvalue weighted by Crippen LogP contribution is 2.32. The normalized spacial score (nSPS) is 9.95. The lowest BCUT2D eigenvalue weighted by Crippen LogP contribution is -1.88. The minimum Gasteiger partial charge on any atom is -0.382 e. The molecule has 2 aromatic carbocycles. The van der Waals surface area contributed by atoms with Gasteiger partial charge in [0.25, 0.3) is 0 Å². The van der Waals surface area contributed by atoms with Crippen LogP contribution in [0.4, 0.5) is 5.82 Å². The van der Waals surface area contributed by atoms with Crippen molar-refractivity contribution in [2.75, 3.05) is 5.73 Å². The Morgan fingerprint density at radius 1 is 0.909 bits per heavy atom. The van der Waals surface area contributed by atoms with E-state index in [1.165, 1.54) is 9.79 Å². The van der Waals surface area contributed by atoms with Crippen LogP contribution in [0.25, 0.3) is 11.1 Å². The highest BCUT2D eigenvalue weighted by molar-refractivity contribution is 7.99. The molecule has 0 fully saturated rings. The van der Waals surface area contributed by atoms with Gasteiger partial charge in [0.15, 0.2) is 5.82 Å². The number of anilines is 1. The summed E-state index contributed by atoms with van der Waals surface area (Å²) in [5.41, 5.74) is 8.96. The number of rotatable bonds is 3. The van der Waals surface area contributed by atoms with Gasteiger partial charge in [-0.1, -0.05) is 55.9 Å². The average molecular weight is 311 g/mol. The van der Waals surface area contributed by atoms with Gasteiger partial charge >= 0.3 is 0 Å². The Kier molecular flexibility index (Phi) is 5.67. The number of aromatic amines is 1. The molecule has 114 valence electrons. The van der Waals surface area contributed by atoms with Gasteiger partial charge in [-0.15, -0.1) is 0 Å². The smallest absolute Gasteiger partial charge is 0.153 e. The van der Waals surface area contributed by atoms with E-state index in [1.54, 1.807) is 11.8 Å². The number of hydrogen-bond acceptors (Lipinski definition) is 3. The molecule has 0 saturated heterocycles. The molecule has 0 aliphatic carbocycles. The second-order valence-corrected chi connectivity index (χ2v) is 5.70. The zero-order valence-electron chi connectivity index (χ0n) is 13.1. The third kappa shape index (κ3) is 3.71. The maximum Gasteiger partial charge on any atom is 0.153 e. The van der Waals surface area contributed by atoms with Crippen LogP contribution in [0.3, 0.4) is 0 Å². The first-order valence-corrected chi connectivity index (χ1v) is 8.19. The average Bonchev–Trinajstić information content (AvgIpc) is 2.90. The Bertz CT molecular complexity index is 683. The van der Waals surface area contributed by atoms with Gasteiger partial charge in [-0.3, -0.25) is 5.10 Å². The van der Waals surface area contributed by atoms with Gasteiger partial charge < -0.3 is 5.73 Å². The van der Waals surface area contributed by atoms with Crippen LogP contribution >= 0.6 is 11.8 Å². The first kappa shape index (κ1) is 16.2. The van der Waals surface area contributed by atoms with Crippen LogP contribution in [0.15, 0.2) is 64.4 Å². The number of nitrogens with two attached hydrogens (primary N) is 1. The minimum atomic E-state index is 0.547. The summed E-state index contributed by atoms with van der Waals surface area (Å²) in [6, 6.07) is 18.7. The summed E-state index contributed by atoms with van der Waals surface area (Å²) in [5, 5.41) is 6.94. The van der Waals surface area contributed by atoms with Gasteiger partial charge in [0.2, 0.25) is 0 Å². The van der Waals surface area contributed by atoms with Crippen molar-refractivity contribution >= 4 is 17.6 Å². The predicted molar refractivity (Wildman–Crippen MR) is 95.1 cm³/mol. The molecule has 3 nitrogen and oxygen atoms in total. The van der Waals surface area contributed by atoms with Crippen LogP contribution in [-0.4, -0.2) is 10.2 Å². The van der Waals surface area contributed by atoms with Crippen molar-refractivity contribution in [3.63, 3.8) is 0 Å². The lowest BCUT2D eigenvalue weighted by atomic mass is 10.1. The fourth-order valence-electron chi connectivity index (χ4n) is 2.13. The van der Waals surface area contributed by atoms with Crippen LogP contribution in [0.5, 0.6) is 0 Å². The monoisotopic (exact) mass is 311 g/mol. The van der Waals surface area contributed by atoms with Crippen molar-refractivity contribution in [2.45, 2.75) is 30.6 Å². The van der Waals surface area contributed by atoms with Crippen molar-refractivity contribution in [3.05, 3.63) is 60.3 Å². The predicted octanol–water partition coefficient (Wildman–Crippen LogP) is 5.14. The molecule has 0 saturated carbocycles. The summed E-state index contributed by atoms with van der Waals surface area (Å²) in [4.78, 5) is 2.44. The number of aromatic nitrogens is 2. The molecule has 0 amide bonds. The second kappa shape index (κ2) is 7.71. The molecule has 0 spiro atoms. The number of nitrogen functional groups attached to an aromatic ring is 1. The molecule has 0 radical (unpaired) electrons. The SMILES string of the molecule is CC.Cc1[nH]nc(N)c1-c1ccc(Sc2ccccc2)cc1. The molecule has 0 aliphatic heterocycles. The van der Waals surface area contributed by atoms with Gasteiger partial charge in [-0.2, -0.15) is 5.10 Å². The van der Waals surface area contributed by atoms with E-state index in [4.69, 9.17) is 5.73 Å². The van der Waals surface area contributed by atoms with Crippen molar-refractivity contribution in [2.24, 2.45) is 0 Å². The molecule has 1 aromatic heterocycles. The molecule has 3 aromatic rings. The van der Waals surface area contributed by atoms with Gasteiger partial charge in [-0.05, 0) is 36.8 Å². The van der Waals surface area contributed by atoms with E-state index in [2.05, 4.69) is 46.6 Å². The van der Waals surface area contributed by atoms with E-state index in [0.29, 0.717) is 5.82 Å². The van der Waals surface area contributed by atoms with Gasteiger partial charge in [0.05, 0.1) is 0 Å². The summed E-state index contributed by atoms with van der Waals surface area (Å²) in [6.45, 7) is 5.98. The molecular formula is C18H21N3S. The van der Waals surface area contributed by atoms with Crippen LogP contribution in [0.1, 0.15) is 19.5 Å². The number of nitrogens with one attached hydrogen (secondary N) is 1. The fraction of sp³-hybridized carbons (Fsp3) is 0.167. The van der Waals surface area contributed by atoms with Crippen LogP contribution in [0.2, 0.25) is 0 Å². The lowest BCUT2D eigenvalue weighted by Gasteiger charge is -2.04. The van der Waals surface area contributed by atoms with Crippen molar-refractivity contribution in [3.8, 4) is 11.1 Å². The standard InChI is InChI=1S/C16H15N3S.C2H6/c1-11-15(16(17)19-18-11)12-7-9-14(10-8-12)20-13-5-3-2-4-6-13;1-2/h2-10H,1H3,(H3,17,18,19);1-2H3. The maximum atomic E-state index is 5.89. The second-order valence-electron chi connectivity index (χ2n) is 4.55. The number of aryl methyl sites for hydroxylation is 1. The zero-order chi connectivity index (χ0) is 15.9. The van der Waals surface area contributed by atoms with E-state index >= 15 is 0 Å². The molecule has 0 bridgehead atoms. The van der Waals surface area contributed by atoms with Crippen LogP contribution in [0, 0.1) is 6.92 Å². The Labute approximate surface area is 136 Å². The van der Waals surface area contributed by atoms with Gasteiger partial charge in [0, 0.05) is 21.0 Å². The Hall–Kier alpha value is -2.20. The van der Waals surface area contributed by atoms with Gasteiger partial charge in [-0.25, -0.2) is 0 Å². The lowest BCUT2D eigenvalue weighted by molar-refractivity contribution is 1.05. The third-order valence-electron chi connectivity index (χ3n) is 3.10. The van der Waals surface area contributed by atoms with Crippen LogP contribution in [-0.2, 0) is 0 Å². The quantitative estimate of drug-likeness (QED) is 0.703. The van der Waals surface area contributed by atoms with E-state index in [1.807, 2.05) is 39.0 Å². The summed E-state index contributed by atoms with van der Waals surface area (Å²) in [5.74, 6) is 0.547. The summed E-state index contributed by atoms with van der Waals surface area (Å²) >= 11 is 1.75. The first-order valence-electron chi connectivity index (χ1n) is 7.38. The van der Waals surface area contributed by atoms with Crippen molar-refractivity contribution in [1.82, 2.24) is 10.2 Å². The molecule has 4 heteroatoms. The summed E-state index contributed by atoms with van der Waals surface area (Å²) < 4.78 is 0. The molecule has 0 atom stereocenters. The Morgan fingerprint density at radius 3 is 2.05 bits per heavy atom. The highest BCUT2D eigenvalue weighted by atomic mass is 32.2. The highest BCUT2D eigenvalue weighted by Gasteiger charge is 2.09. The topological polar surface area (TPSA) is 54.7 Å². The van der Waals surface area contributed by atoms with E-state index < -0.39 is 0 Å². The van der Waals surface area contributed by atoms with Crippen LogP contribution < -0.4 is 5.73 Å². The molecule has 22 heavy (non-hydrogen) atoms. The third-order valence-corrected chi connectivity index (χ3v) is 4.11. The molecule has 0 aliphatic rings. The molecular weight excluding hydrogens is 290 g/mol. The number of nitrogens with zero attached hydrogens (tertiary/aromatic N) is 1. The van der Waals surface area contributed by atoms with E-state index in [0.717, 1.165) is 16.8 Å². The number of hydrogen-bond donors (Lipinski definition) is 2. The van der Waals surface area contributed by atoms with Gasteiger partial charge in [0.1, 0.15) is 0 Å². The summed E-state index contributed by atoms with van der Waals surface area (Å²) in [7, 11) is 0. The zero-order valence-corrected chi connectivity index (χ0v) is 13.9. The molecule has 1 heterocycles. The van der Waals surface area contributed by atoms with Crippen molar-refractivity contribution in [1.29, 1.82) is 0 Å². The molecule has 3 rings (SSSR count). The minimum absolute atomic E-state index is 0.547. The maximum absolute atomic E-state index is 5.89. The molecule has 3 N–H and O–H groups in total. The number of benzene rings is 2. The molecule has 0 unspecified atom stereocenters. The van der Waals surface area contributed by atoms with E-state index in [-0.39, 0.29) is 0 Å².